The van der Waals surface area contributed by atoms with E-state index in [1.54, 1.807) is 24.3 Å². The van der Waals surface area contributed by atoms with Gasteiger partial charge in [0.2, 0.25) is 0 Å². The molecule has 5 aromatic rings. The first kappa shape index (κ1) is 25.1. The Balaban J connectivity index is 1.33. The summed E-state index contributed by atoms with van der Waals surface area (Å²) in [6.07, 6.45) is 1.51. The number of rotatable bonds is 10. The minimum atomic E-state index is -0.305. The molecule has 5 rings (SSSR count). The molecule has 2 N–H and O–H groups in total. The van der Waals surface area contributed by atoms with Gasteiger partial charge in [0.1, 0.15) is 41.8 Å². The molecular weight excluding hydrogens is 511 g/mol. The molecule has 0 atom stereocenters. The molecule has 0 fully saturated rings. The van der Waals surface area contributed by atoms with Gasteiger partial charge in [0.05, 0.1) is 17.1 Å². The summed E-state index contributed by atoms with van der Waals surface area (Å²) in [6, 6.07) is 21.5. The maximum absolute atomic E-state index is 13.4. The summed E-state index contributed by atoms with van der Waals surface area (Å²) in [4.78, 5) is 8.84. The van der Waals surface area contributed by atoms with Crippen LogP contribution in [-0.4, -0.2) is 22.3 Å². The fraction of sp³-hybridized carbons (Fsp3) is 0.143. The van der Waals surface area contributed by atoms with Crippen LogP contribution in [0.3, 0.4) is 0 Å². The molecule has 188 valence electrons. The lowest BCUT2D eigenvalue weighted by Gasteiger charge is -2.12. The minimum absolute atomic E-state index is 0.212. The third-order valence-electron chi connectivity index (χ3n) is 5.65. The standard InChI is InChI=1S/C28H24ClFN4O2S/c29-24-14-21(5-8-27(24)35-16-18-2-1-3-20(30)12-18)34-28-23-13-19(4-7-25(23)32-17-33-28)26-9-6-22(36-26)15-31-10-11-37/h1-9,12-14,17,31,37H,10-11,15-16H2,(H,32,33,34). The van der Waals surface area contributed by atoms with Crippen LogP contribution < -0.4 is 15.4 Å². The average Bonchev–Trinajstić information content (AvgIpc) is 3.37. The fourth-order valence-electron chi connectivity index (χ4n) is 3.85. The van der Waals surface area contributed by atoms with Gasteiger partial charge in [0.15, 0.2) is 0 Å². The first-order valence-electron chi connectivity index (χ1n) is 11.7. The highest BCUT2D eigenvalue weighted by Crippen LogP contribution is 2.32. The number of benzene rings is 3. The summed E-state index contributed by atoms with van der Waals surface area (Å²) in [5, 5.41) is 7.87. The maximum atomic E-state index is 13.4. The summed E-state index contributed by atoms with van der Waals surface area (Å²) in [5.74, 6) is 3.23. The van der Waals surface area contributed by atoms with Gasteiger partial charge in [-0.15, -0.1) is 0 Å². The molecule has 0 amide bonds. The van der Waals surface area contributed by atoms with Crippen LogP contribution >= 0.6 is 24.2 Å². The van der Waals surface area contributed by atoms with Crippen molar-refractivity contribution in [3.63, 3.8) is 0 Å². The third kappa shape index (κ3) is 6.22. The van der Waals surface area contributed by atoms with Gasteiger partial charge >= 0.3 is 0 Å². The molecule has 37 heavy (non-hydrogen) atoms. The number of nitrogens with zero attached hydrogens (tertiary/aromatic N) is 2. The molecular formula is C28H24ClFN4O2S. The van der Waals surface area contributed by atoms with E-state index < -0.39 is 0 Å². The Morgan fingerprint density at radius 3 is 2.76 bits per heavy atom. The highest BCUT2D eigenvalue weighted by atomic mass is 35.5. The van der Waals surface area contributed by atoms with Crippen LogP contribution in [0, 0.1) is 5.82 Å². The summed E-state index contributed by atoms with van der Waals surface area (Å²) >= 11 is 10.7. The number of ether oxygens (including phenoxy) is 1. The van der Waals surface area contributed by atoms with E-state index in [1.807, 2.05) is 36.4 Å². The van der Waals surface area contributed by atoms with Crippen molar-refractivity contribution in [3.05, 3.63) is 101 Å². The lowest BCUT2D eigenvalue weighted by molar-refractivity contribution is 0.306. The zero-order chi connectivity index (χ0) is 25.6. The topological polar surface area (TPSA) is 72.2 Å². The Morgan fingerprint density at radius 1 is 1.00 bits per heavy atom. The van der Waals surface area contributed by atoms with Gasteiger partial charge in [-0.05, 0) is 66.2 Å². The van der Waals surface area contributed by atoms with Crippen molar-refractivity contribution in [3.8, 4) is 17.1 Å². The van der Waals surface area contributed by atoms with E-state index in [0.717, 1.165) is 51.5 Å². The summed E-state index contributed by atoms with van der Waals surface area (Å²) in [6.45, 7) is 1.67. The maximum Gasteiger partial charge on any atom is 0.141 e. The van der Waals surface area contributed by atoms with Crippen LogP contribution in [0.1, 0.15) is 11.3 Å². The molecule has 2 heterocycles. The Morgan fingerprint density at radius 2 is 1.92 bits per heavy atom. The van der Waals surface area contributed by atoms with Crippen molar-refractivity contribution in [2.45, 2.75) is 13.2 Å². The smallest absolute Gasteiger partial charge is 0.141 e. The van der Waals surface area contributed by atoms with Gasteiger partial charge in [-0.1, -0.05) is 23.7 Å². The number of thiol groups is 1. The van der Waals surface area contributed by atoms with Gasteiger partial charge in [0, 0.05) is 28.9 Å². The summed E-state index contributed by atoms with van der Waals surface area (Å²) < 4.78 is 25.2. The van der Waals surface area contributed by atoms with Gasteiger partial charge in [-0.2, -0.15) is 12.6 Å². The molecule has 2 aromatic heterocycles. The molecule has 9 heteroatoms. The van der Waals surface area contributed by atoms with E-state index >= 15 is 0 Å². The molecule has 0 unspecified atom stereocenters. The zero-order valence-electron chi connectivity index (χ0n) is 19.7. The SMILES string of the molecule is Fc1cccc(COc2ccc(Nc3ncnc4ccc(-c5ccc(CNCCS)o5)cc34)cc2Cl)c1. The van der Waals surface area contributed by atoms with Crippen LogP contribution in [-0.2, 0) is 13.2 Å². The zero-order valence-corrected chi connectivity index (χ0v) is 21.4. The first-order valence-corrected chi connectivity index (χ1v) is 12.7. The number of halogens is 2. The first-order chi connectivity index (χ1) is 18.1. The Kier molecular flexibility index (Phi) is 7.89. The van der Waals surface area contributed by atoms with Crippen molar-refractivity contribution in [1.29, 1.82) is 0 Å². The van der Waals surface area contributed by atoms with Gasteiger partial charge < -0.3 is 19.8 Å². The summed E-state index contributed by atoms with van der Waals surface area (Å²) in [5.41, 5.74) is 3.18. The number of anilines is 2. The van der Waals surface area contributed by atoms with E-state index in [-0.39, 0.29) is 12.4 Å². The van der Waals surface area contributed by atoms with Crippen LogP contribution in [0.5, 0.6) is 5.75 Å². The second-order valence-electron chi connectivity index (χ2n) is 8.31. The number of aromatic nitrogens is 2. The second-order valence-corrected chi connectivity index (χ2v) is 9.16. The van der Waals surface area contributed by atoms with Crippen molar-refractivity contribution in [2.75, 3.05) is 17.6 Å². The normalized spacial score (nSPS) is 11.1. The van der Waals surface area contributed by atoms with Crippen LogP contribution in [0.15, 0.2) is 83.5 Å². The van der Waals surface area contributed by atoms with E-state index in [1.165, 1.54) is 18.5 Å². The van der Waals surface area contributed by atoms with E-state index in [2.05, 4.69) is 33.2 Å². The Hall–Kier alpha value is -3.59. The highest BCUT2D eigenvalue weighted by Gasteiger charge is 2.11. The van der Waals surface area contributed by atoms with Crippen LogP contribution in [0.4, 0.5) is 15.9 Å². The monoisotopic (exact) mass is 534 g/mol. The van der Waals surface area contributed by atoms with Crippen molar-refractivity contribution < 1.29 is 13.5 Å². The number of fused-ring (bicyclic) bond motifs is 1. The Labute approximate surface area is 224 Å². The van der Waals surface area contributed by atoms with Gasteiger partial charge in [-0.3, -0.25) is 0 Å². The molecule has 0 aliphatic heterocycles. The number of hydrogen-bond donors (Lipinski definition) is 3. The Bertz CT molecular complexity index is 1530. The van der Waals surface area contributed by atoms with Crippen molar-refractivity contribution >= 4 is 46.6 Å². The van der Waals surface area contributed by atoms with Crippen LogP contribution in [0.25, 0.3) is 22.2 Å². The van der Waals surface area contributed by atoms with Crippen molar-refractivity contribution in [1.82, 2.24) is 15.3 Å². The fourth-order valence-corrected chi connectivity index (χ4v) is 4.24. The summed E-state index contributed by atoms with van der Waals surface area (Å²) in [7, 11) is 0. The quantitative estimate of drug-likeness (QED) is 0.132. The second kappa shape index (κ2) is 11.6. The van der Waals surface area contributed by atoms with E-state index in [0.29, 0.717) is 23.1 Å². The highest BCUT2D eigenvalue weighted by molar-refractivity contribution is 7.80. The molecule has 0 aliphatic rings. The average molecular weight is 535 g/mol. The molecule has 0 radical (unpaired) electrons. The molecule has 0 bridgehead atoms. The molecule has 3 aromatic carbocycles. The molecule has 0 spiro atoms. The molecule has 6 nitrogen and oxygen atoms in total. The number of hydrogen-bond acceptors (Lipinski definition) is 7. The predicted octanol–water partition coefficient (Wildman–Crippen LogP) is 7.02. The van der Waals surface area contributed by atoms with Crippen LogP contribution in [0.2, 0.25) is 5.02 Å². The molecule has 0 aliphatic carbocycles. The lowest BCUT2D eigenvalue weighted by Crippen LogP contribution is -2.15. The molecule has 0 saturated carbocycles. The third-order valence-corrected chi connectivity index (χ3v) is 6.17. The predicted molar refractivity (Wildman–Crippen MR) is 148 cm³/mol. The van der Waals surface area contributed by atoms with E-state index in [9.17, 15) is 4.39 Å². The van der Waals surface area contributed by atoms with Gasteiger partial charge in [-0.25, -0.2) is 14.4 Å². The number of furan rings is 1. The lowest BCUT2D eigenvalue weighted by atomic mass is 10.1. The minimum Gasteiger partial charge on any atom is -0.487 e. The van der Waals surface area contributed by atoms with E-state index in [4.69, 9.17) is 20.8 Å². The largest absolute Gasteiger partial charge is 0.487 e. The number of nitrogens with one attached hydrogen (secondary N) is 2. The molecule has 0 saturated heterocycles. The van der Waals surface area contributed by atoms with Crippen molar-refractivity contribution in [2.24, 2.45) is 0 Å². The van der Waals surface area contributed by atoms with Gasteiger partial charge in [0.25, 0.3) is 0 Å².